The summed E-state index contributed by atoms with van der Waals surface area (Å²) >= 11 is 0. The SMILES string of the molecule is Cc1ccc(NC(=O)C(=O)NC2COC2)cc1. The Bertz CT molecular complexity index is 424. The van der Waals surface area contributed by atoms with Crippen LogP contribution in [0.5, 0.6) is 0 Å². The number of hydrogen-bond donors (Lipinski definition) is 2. The summed E-state index contributed by atoms with van der Waals surface area (Å²) in [6.07, 6.45) is 0. The molecule has 2 N–H and O–H groups in total. The highest BCUT2D eigenvalue weighted by Gasteiger charge is 2.23. The average molecular weight is 234 g/mol. The van der Waals surface area contributed by atoms with Crippen LogP contribution in [0.2, 0.25) is 0 Å². The Morgan fingerprint density at radius 1 is 1.18 bits per heavy atom. The van der Waals surface area contributed by atoms with Crippen molar-refractivity contribution in [3.8, 4) is 0 Å². The summed E-state index contributed by atoms with van der Waals surface area (Å²) in [5.74, 6) is -1.28. The Labute approximate surface area is 99.2 Å². The van der Waals surface area contributed by atoms with Gasteiger partial charge in [0.25, 0.3) is 0 Å². The number of ether oxygens (including phenoxy) is 1. The Balaban J connectivity index is 1.87. The second-order valence-corrected chi connectivity index (χ2v) is 4.03. The highest BCUT2D eigenvalue weighted by atomic mass is 16.5. The van der Waals surface area contributed by atoms with Crippen molar-refractivity contribution in [3.05, 3.63) is 29.8 Å². The van der Waals surface area contributed by atoms with Gasteiger partial charge in [0.05, 0.1) is 19.3 Å². The fourth-order valence-corrected chi connectivity index (χ4v) is 1.39. The summed E-state index contributed by atoms with van der Waals surface area (Å²) in [4.78, 5) is 22.9. The van der Waals surface area contributed by atoms with Gasteiger partial charge < -0.3 is 15.4 Å². The minimum Gasteiger partial charge on any atom is -0.377 e. The summed E-state index contributed by atoms with van der Waals surface area (Å²) in [5, 5.41) is 5.10. The van der Waals surface area contributed by atoms with Crippen LogP contribution in [0.15, 0.2) is 24.3 Å². The fourth-order valence-electron chi connectivity index (χ4n) is 1.39. The van der Waals surface area contributed by atoms with Crippen LogP contribution in [-0.2, 0) is 14.3 Å². The third kappa shape index (κ3) is 3.04. The van der Waals surface area contributed by atoms with Gasteiger partial charge in [0.1, 0.15) is 0 Å². The van der Waals surface area contributed by atoms with E-state index in [1.807, 2.05) is 19.1 Å². The molecule has 2 rings (SSSR count). The van der Waals surface area contributed by atoms with E-state index in [1.165, 1.54) is 0 Å². The molecule has 1 heterocycles. The van der Waals surface area contributed by atoms with Crippen molar-refractivity contribution in [2.24, 2.45) is 0 Å². The molecule has 17 heavy (non-hydrogen) atoms. The van der Waals surface area contributed by atoms with E-state index < -0.39 is 11.8 Å². The van der Waals surface area contributed by atoms with E-state index in [4.69, 9.17) is 4.74 Å². The summed E-state index contributed by atoms with van der Waals surface area (Å²) in [6.45, 7) is 2.90. The lowest BCUT2D eigenvalue weighted by atomic mass is 10.2. The molecular weight excluding hydrogens is 220 g/mol. The number of nitrogens with one attached hydrogen (secondary N) is 2. The number of anilines is 1. The standard InChI is InChI=1S/C12H14N2O3/c1-8-2-4-9(5-3-8)13-11(15)12(16)14-10-6-17-7-10/h2-5,10H,6-7H2,1H3,(H,13,15)(H,14,16). The summed E-state index contributed by atoms with van der Waals surface area (Å²) in [6, 6.07) is 7.21. The van der Waals surface area contributed by atoms with Crippen molar-refractivity contribution in [3.63, 3.8) is 0 Å². The Kier molecular flexibility index (Phi) is 3.39. The first kappa shape index (κ1) is 11.6. The minimum atomic E-state index is -0.652. The lowest BCUT2D eigenvalue weighted by molar-refractivity contribution is -0.138. The number of benzene rings is 1. The molecule has 0 radical (unpaired) electrons. The van der Waals surface area contributed by atoms with Gasteiger partial charge in [-0.1, -0.05) is 17.7 Å². The lowest BCUT2D eigenvalue weighted by Gasteiger charge is -2.26. The van der Waals surface area contributed by atoms with Gasteiger partial charge in [-0.05, 0) is 19.1 Å². The average Bonchev–Trinajstić information content (AvgIpc) is 2.26. The first-order chi connectivity index (χ1) is 8.15. The van der Waals surface area contributed by atoms with Gasteiger partial charge in [0.15, 0.2) is 0 Å². The third-order valence-corrected chi connectivity index (χ3v) is 2.49. The van der Waals surface area contributed by atoms with E-state index >= 15 is 0 Å². The van der Waals surface area contributed by atoms with E-state index in [-0.39, 0.29) is 6.04 Å². The van der Waals surface area contributed by atoms with Crippen molar-refractivity contribution >= 4 is 17.5 Å². The number of carbonyl (C=O) groups excluding carboxylic acids is 2. The van der Waals surface area contributed by atoms with Gasteiger partial charge in [0, 0.05) is 5.69 Å². The number of aryl methyl sites for hydroxylation is 1. The second kappa shape index (κ2) is 4.97. The number of carbonyl (C=O) groups is 2. The van der Waals surface area contributed by atoms with Crippen molar-refractivity contribution in [2.45, 2.75) is 13.0 Å². The quantitative estimate of drug-likeness (QED) is 0.730. The highest BCUT2D eigenvalue weighted by molar-refractivity contribution is 6.39. The van der Waals surface area contributed by atoms with Gasteiger partial charge in [-0.3, -0.25) is 9.59 Å². The molecule has 0 aromatic heterocycles. The molecular formula is C12H14N2O3. The van der Waals surface area contributed by atoms with E-state index in [0.29, 0.717) is 18.9 Å². The monoisotopic (exact) mass is 234 g/mol. The molecule has 0 unspecified atom stereocenters. The topological polar surface area (TPSA) is 67.4 Å². The molecule has 1 aromatic carbocycles. The highest BCUT2D eigenvalue weighted by Crippen LogP contribution is 2.08. The number of hydrogen-bond acceptors (Lipinski definition) is 3. The van der Waals surface area contributed by atoms with Crippen LogP contribution in [0.1, 0.15) is 5.56 Å². The number of rotatable bonds is 2. The molecule has 1 aromatic rings. The molecule has 0 aliphatic carbocycles. The minimum absolute atomic E-state index is 0.0359. The zero-order valence-corrected chi connectivity index (χ0v) is 9.53. The molecule has 0 atom stereocenters. The van der Waals surface area contributed by atoms with E-state index in [1.54, 1.807) is 12.1 Å². The van der Waals surface area contributed by atoms with Crippen LogP contribution < -0.4 is 10.6 Å². The Morgan fingerprint density at radius 2 is 1.82 bits per heavy atom. The zero-order chi connectivity index (χ0) is 12.3. The van der Waals surface area contributed by atoms with Crippen LogP contribution in [0.4, 0.5) is 5.69 Å². The van der Waals surface area contributed by atoms with Gasteiger partial charge in [-0.15, -0.1) is 0 Å². The Hall–Kier alpha value is -1.88. The van der Waals surface area contributed by atoms with Gasteiger partial charge in [-0.2, -0.15) is 0 Å². The van der Waals surface area contributed by atoms with Gasteiger partial charge in [0.2, 0.25) is 0 Å². The van der Waals surface area contributed by atoms with Crippen molar-refractivity contribution < 1.29 is 14.3 Å². The maximum atomic E-state index is 11.5. The zero-order valence-electron chi connectivity index (χ0n) is 9.53. The van der Waals surface area contributed by atoms with Crippen molar-refractivity contribution in [1.82, 2.24) is 5.32 Å². The van der Waals surface area contributed by atoms with E-state index in [0.717, 1.165) is 5.56 Å². The Morgan fingerprint density at radius 3 is 2.35 bits per heavy atom. The summed E-state index contributed by atoms with van der Waals surface area (Å²) in [7, 11) is 0. The maximum absolute atomic E-state index is 11.5. The molecule has 5 nitrogen and oxygen atoms in total. The molecule has 1 aliphatic heterocycles. The number of amides is 2. The van der Waals surface area contributed by atoms with E-state index in [9.17, 15) is 9.59 Å². The van der Waals surface area contributed by atoms with Crippen LogP contribution in [-0.4, -0.2) is 31.1 Å². The third-order valence-electron chi connectivity index (χ3n) is 2.49. The predicted octanol–water partition coefficient (Wildman–Crippen LogP) is 0.449. The molecule has 1 fully saturated rings. The van der Waals surface area contributed by atoms with E-state index in [2.05, 4.69) is 10.6 Å². The normalized spacial score (nSPS) is 14.9. The molecule has 1 saturated heterocycles. The van der Waals surface area contributed by atoms with Gasteiger partial charge in [-0.25, -0.2) is 0 Å². The molecule has 0 saturated carbocycles. The molecule has 1 aliphatic rings. The largest absolute Gasteiger partial charge is 0.377 e. The van der Waals surface area contributed by atoms with Crippen molar-refractivity contribution in [2.75, 3.05) is 18.5 Å². The van der Waals surface area contributed by atoms with Crippen LogP contribution in [0, 0.1) is 6.92 Å². The van der Waals surface area contributed by atoms with Gasteiger partial charge >= 0.3 is 11.8 Å². The van der Waals surface area contributed by atoms with Crippen LogP contribution in [0.3, 0.4) is 0 Å². The summed E-state index contributed by atoms with van der Waals surface area (Å²) in [5.41, 5.74) is 1.71. The lowest BCUT2D eigenvalue weighted by Crippen LogP contribution is -2.51. The molecule has 5 heteroatoms. The molecule has 2 amide bonds. The molecule has 90 valence electrons. The first-order valence-electron chi connectivity index (χ1n) is 5.41. The predicted molar refractivity (Wildman–Crippen MR) is 62.6 cm³/mol. The molecule has 0 bridgehead atoms. The van der Waals surface area contributed by atoms with Crippen LogP contribution >= 0.6 is 0 Å². The van der Waals surface area contributed by atoms with Crippen LogP contribution in [0.25, 0.3) is 0 Å². The van der Waals surface area contributed by atoms with Crippen molar-refractivity contribution in [1.29, 1.82) is 0 Å². The maximum Gasteiger partial charge on any atom is 0.313 e. The summed E-state index contributed by atoms with van der Waals surface area (Å²) < 4.78 is 4.90. The fraction of sp³-hybridized carbons (Fsp3) is 0.333. The first-order valence-corrected chi connectivity index (χ1v) is 5.41. The smallest absolute Gasteiger partial charge is 0.313 e. The molecule has 0 spiro atoms. The second-order valence-electron chi connectivity index (χ2n) is 4.03.